The first kappa shape index (κ1) is 17.3. The smallest absolute Gasteiger partial charge is 0.289 e. The van der Waals surface area contributed by atoms with Crippen molar-refractivity contribution < 1.29 is 14.3 Å². The number of aromatic amines is 1. The van der Waals surface area contributed by atoms with Crippen LogP contribution in [-0.4, -0.2) is 41.1 Å². The van der Waals surface area contributed by atoms with Crippen molar-refractivity contribution in [3.8, 4) is 22.9 Å². The van der Waals surface area contributed by atoms with Gasteiger partial charge in [-0.2, -0.15) is 10.2 Å². The molecule has 0 saturated heterocycles. The van der Waals surface area contributed by atoms with E-state index in [1.165, 1.54) is 6.21 Å². The summed E-state index contributed by atoms with van der Waals surface area (Å²) in [6, 6.07) is 10.8. The van der Waals surface area contributed by atoms with Crippen molar-refractivity contribution in [1.29, 1.82) is 0 Å². The number of amides is 1. The zero-order chi connectivity index (χ0) is 18.5. The second-order valence-electron chi connectivity index (χ2n) is 5.48. The second kappa shape index (κ2) is 7.56. The van der Waals surface area contributed by atoms with Crippen LogP contribution in [0, 0.1) is 0 Å². The van der Waals surface area contributed by atoms with Gasteiger partial charge in [0, 0.05) is 18.8 Å². The molecule has 0 unspecified atom stereocenters. The fourth-order valence-electron chi connectivity index (χ4n) is 2.46. The van der Waals surface area contributed by atoms with Crippen molar-refractivity contribution in [2.75, 3.05) is 14.2 Å². The topological polar surface area (TPSA) is 93.5 Å². The lowest BCUT2D eigenvalue weighted by molar-refractivity contribution is 0.0950. The number of benzene rings is 1. The van der Waals surface area contributed by atoms with Gasteiger partial charge in [-0.3, -0.25) is 9.89 Å². The molecular weight excluding hydrogens is 334 g/mol. The minimum atomic E-state index is -0.393. The van der Waals surface area contributed by atoms with Crippen molar-refractivity contribution in [3.05, 3.63) is 53.9 Å². The Morgan fingerprint density at radius 2 is 2.12 bits per heavy atom. The fraction of sp³-hybridized carbons (Fsp3) is 0.167. The molecule has 0 aliphatic carbocycles. The molecule has 0 fully saturated rings. The SMILES string of the molecule is COc1ccc(OC)c(/C=N\NC(=O)c2cc(-c3cccn3C)n[nH]2)c1. The first-order valence-corrected chi connectivity index (χ1v) is 7.85. The summed E-state index contributed by atoms with van der Waals surface area (Å²) in [6.07, 6.45) is 3.41. The number of hydrazone groups is 1. The molecule has 0 bridgehead atoms. The molecule has 0 radical (unpaired) electrons. The van der Waals surface area contributed by atoms with E-state index in [1.807, 2.05) is 29.9 Å². The third-order valence-electron chi connectivity index (χ3n) is 3.84. The van der Waals surface area contributed by atoms with Crippen LogP contribution in [-0.2, 0) is 7.05 Å². The molecule has 3 rings (SSSR count). The molecule has 0 saturated carbocycles. The Morgan fingerprint density at radius 3 is 2.81 bits per heavy atom. The van der Waals surface area contributed by atoms with E-state index in [9.17, 15) is 4.79 Å². The molecular formula is C18H19N5O3. The Morgan fingerprint density at radius 1 is 1.27 bits per heavy atom. The molecule has 3 aromatic rings. The molecule has 134 valence electrons. The highest BCUT2D eigenvalue weighted by molar-refractivity contribution is 5.94. The summed E-state index contributed by atoms with van der Waals surface area (Å²) in [7, 11) is 5.05. The van der Waals surface area contributed by atoms with Gasteiger partial charge in [-0.1, -0.05) is 0 Å². The maximum atomic E-state index is 12.2. The number of carbonyl (C=O) groups is 1. The molecule has 2 heterocycles. The van der Waals surface area contributed by atoms with Crippen LogP contribution in [0.2, 0.25) is 0 Å². The Hall–Kier alpha value is -3.55. The summed E-state index contributed by atoms with van der Waals surface area (Å²) in [5.74, 6) is 0.895. The molecule has 0 spiro atoms. The van der Waals surface area contributed by atoms with Gasteiger partial charge in [-0.15, -0.1) is 0 Å². The van der Waals surface area contributed by atoms with Crippen LogP contribution in [0.3, 0.4) is 0 Å². The number of ether oxygens (including phenoxy) is 2. The van der Waals surface area contributed by atoms with E-state index in [1.54, 1.807) is 38.5 Å². The summed E-state index contributed by atoms with van der Waals surface area (Å²) in [6.45, 7) is 0. The minimum Gasteiger partial charge on any atom is -0.497 e. The number of nitrogens with zero attached hydrogens (tertiary/aromatic N) is 3. The normalized spacial score (nSPS) is 10.9. The van der Waals surface area contributed by atoms with Crippen molar-refractivity contribution in [3.63, 3.8) is 0 Å². The van der Waals surface area contributed by atoms with Gasteiger partial charge in [0.15, 0.2) is 0 Å². The number of nitrogens with one attached hydrogen (secondary N) is 2. The third-order valence-corrected chi connectivity index (χ3v) is 3.84. The van der Waals surface area contributed by atoms with Gasteiger partial charge in [0.2, 0.25) is 0 Å². The predicted molar refractivity (Wildman–Crippen MR) is 97.6 cm³/mol. The lowest BCUT2D eigenvalue weighted by Gasteiger charge is -2.06. The van der Waals surface area contributed by atoms with E-state index in [2.05, 4.69) is 20.7 Å². The van der Waals surface area contributed by atoms with Gasteiger partial charge < -0.3 is 14.0 Å². The molecule has 8 nitrogen and oxygen atoms in total. The first-order chi connectivity index (χ1) is 12.6. The lowest BCUT2D eigenvalue weighted by atomic mass is 10.2. The van der Waals surface area contributed by atoms with Gasteiger partial charge in [-0.05, 0) is 36.4 Å². The van der Waals surface area contributed by atoms with Crippen LogP contribution in [0.1, 0.15) is 16.1 Å². The number of aromatic nitrogens is 3. The van der Waals surface area contributed by atoms with Crippen molar-refractivity contribution in [2.45, 2.75) is 0 Å². The van der Waals surface area contributed by atoms with Crippen LogP contribution >= 0.6 is 0 Å². The third kappa shape index (κ3) is 3.59. The molecule has 26 heavy (non-hydrogen) atoms. The highest BCUT2D eigenvalue weighted by Gasteiger charge is 2.12. The number of methoxy groups -OCH3 is 2. The Kier molecular flexibility index (Phi) is 5.02. The zero-order valence-corrected chi connectivity index (χ0v) is 14.7. The maximum absolute atomic E-state index is 12.2. The van der Waals surface area contributed by atoms with E-state index in [0.29, 0.717) is 28.5 Å². The van der Waals surface area contributed by atoms with Crippen LogP contribution in [0.5, 0.6) is 11.5 Å². The summed E-state index contributed by atoms with van der Waals surface area (Å²) in [5, 5.41) is 10.9. The first-order valence-electron chi connectivity index (χ1n) is 7.85. The van der Waals surface area contributed by atoms with E-state index in [0.717, 1.165) is 5.69 Å². The zero-order valence-electron chi connectivity index (χ0n) is 14.7. The number of hydrogen-bond donors (Lipinski definition) is 2. The second-order valence-corrected chi connectivity index (χ2v) is 5.48. The van der Waals surface area contributed by atoms with E-state index >= 15 is 0 Å². The summed E-state index contributed by atoms with van der Waals surface area (Å²) in [5.41, 5.74) is 5.05. The van der Waals surface area contributed by atoms with Gasteiger partial charge in [0.1, 0.15) is 22.9 Å². The predicted octanol–water partition coefficient (Wildman–Crippen LogP) is 2.20. The molecule has 0 atom stereocenters. The molecule has 0 aliphatic rings. The summed E-state index contributed by atoms with van der Waals surface area (Å²) < 4.78 is 12.4. The Balaban J connectivity index is 1.70. The average molecular weight is 353 g/mol. The standard InChI is InChI=1S/C18H19N5O3/c1-23-8-4-5-16(23)14-10-15(21-20-14)18(24)22-19-11-12-9-13(25-2)6-7-17(12)26-3/h4-11H,1-3H3,(H,20,21)(H,22,24)/b19-11-. The maximum Gasteiger partial charge on any atom is 0.289 e. The largest absolute Gasteiger partial charge is 0.497 e. The van der Waals surface area contributed by atoms with Gasteiger partial charge in [0.05, 0.1) is 26.1 Å². The van der Waals surface area contributed by atoms with Crippen molar-refractivity contribution >= 4 is 12.1 Å². The molecule has 2 N–H and O–H groups in total. The summed E-state index contributed by atoms with van der Waals surface area (Å²) >= 11 is 0. The molecule has 1 aromatic carbocycles. The minimum absolute atomic E-state index is 0.316. The highest BCUT2D eigenvalue weighted by Crippen LogP contribution is 2.22. The van der Waals surface area contributed by atoms with Crippen LogP contribution in [0.4, 0.5) is 0 Å². The fourth-order valence-corrected chi connectivity index (χ4v) is 2.46. The number of H-pyrrole nitrogens is 1. The quantitative estimate of drug-likeness (QED) is 0.525. The van der Waals surface area contributed by atoms with Crippen LogP contribution in [0.25, 0.3) is 11.4 Å². The van der Waals surface area contributed by atoms with Crippen molar-refractivity contribution in [2.24, 2.45) is 12.1 Å². The van der Waals surface area contributed by atoms with Gasteiger partial charge in [-0.25, -0.2) is 5.43 Å². The molecule has 0 aliphatic heterocycles. The van der Waals surface area contributed by atoms with E-state index in [4.69, 9.17) is 9.47 Å². The Labute approximate surface area is 150 Å². The number of rotatable bonds is 6. The molecule has 2 aromatic heterocycles. The van der Waals surface area contributed by atoms with Gasteiger partial charge in [0.25, 0.3) is 5.91 Å². The highest BCUT2D eigenvalue weighted by atomic mass is 16.5. The van der Waals surface area contributed by atoms with Crippen LogP contribution in [0.15, 0.2) is 47.7 Å². The molecule has 1 amide bonds. The summed E-state index contributed by atoms with van der Waals surface area (Å²) in [4.78, 5) is 12.2. The van der Waals surface area contributed by atoms with E-state index in [-0.39, 0.29) is 0 Å². The number of aryl methyl sites for hydroxylation is 1. The van der Waals surface area contributed by atoms with E-state index < -0.39 is 5.91 Å². The number of carbonyl (C=O) groups excluding carboxylic acids is 1. The lowest BCUT2D eigenvalue weighted by Crippen LogP contribution is -2.18. The number of hydrogen-bond acceptors (Lipinski definition) is 5. The van der Waals surface area contributed by atoms with Gasteiger partial charge >= 0.3 is 0 Å². The van der Waals surface area contributed by atoms with Crippen LogP contribution < -0.4 is 14.9 Å². The monoisotopic (exact) mass is 353 g/mol. The van der Waals surface area contributed by atoms with Crippen molar-refractivity contribution in [1.82, 2.24) is 20.2 Å². The average Bonchev–Trinajstić information content (AvgIpc) is 3.30. The molecule has 8 heteroatoms. The Bertz CT molecular complexity index is 942.